The number of alkyl halides is 2. The highest BCUT2D eigenvalue weighted by Crippen LogP contribution is 2.12. The standard InChI is InChI=1S/C12H17F2N3O2/c1-17(8-11(13)14)6-7-19-10-4-2-9(3-5-10)12(15)16-18/h2-5,11,18H,6-8H2,1H3,(H2,15,16). The van der Waals surface area contributed by atoms with Crippen molar-refractivity contribution in [2.24, 2.45) is 10.9 Å². The Bertz CT molecular complexity index is 410. The molecule has 5 nitrogen and oxygen atoms in total. The molecule has 3 N–H and O–H groups in total. The molecule has 0 radical (unpaired) electrons. The second kappa shape index (κ2) is 7.52. The van der Waals surface area contributed by atoms with Gasteiger partial charge in [-0.1, -0.05) is 5.16 Å². The molecule has 0 atom stereocenters. The predicted octanol–water partition coefficient (Wildman–Crippen LogP) is 1.36. The molecule has 7 heteroatoms. The smallest absolute Gasteiger partial charge is 0.251 e. The summed E-state index contributed by atoms with van der Waals surface area (Å²) >= 11 is 0. The minimum Gasteiger partial charge on any atom is -0.492 e. The van der Waals surface area contributed by atoms with Gasteiger partial charge in [0.05, 0.1) is 6.54 Å². The van der Waals surface area contributed by atoms with E-state index in [-0.39, 0.29) is 12.4 Å². The summed E-state index contributed by atoms with van der Waals surface area (Å²) in [5.74, 6) is 0.614. The number of nitrogens with two attached hydrogens (primary N) is 1. The van der Waals surface area contributed by atoms with Crippen molar-refractivity contribution in [2.45, 2.75) is 6.43 Å². The van der Waals surface area contributed by atoms with Crippen molar-refractivity contribution in [1.82, 2.24) is 4.90 Å². The number of hydrogen-bond acceptors (Lipinski definition) is 4. The van der Waals surface area contributed by atoms with E-state index in [1.807, 2.05) is 0 Å². The molecule has 0 spiro atoms. The lowest BCUT2D eigenvalue weighted by Crippen LogP contribution is -2.28. The lowest BCUT2D eigenvalue weighted by molar-refractivity contribution is 0.0935. The van der Waals surface area contributed by atoms with Gasteiger partial charge < -0.3 is 15.7 Å². The average Bonchev–Trinajstić information content (AvgIpc) is 2.37. The van der Waals surface area contributed by atoms with E-state index in [0.717, 1.165) is 0 Å². The number of oxime groups is 1. The van der Waals surface area contributed by atoms with E-state index in [0.29, 0.717) is 24.5 Å². The summed E-state index contributed by atoms with van der Waals surface area (Å²) < 4.78 is 29.5. The fraction of sp³-hybridized carbons (Fsp3) is 0.417. The Hall–Kier alpha value is -1.89. The number of rotatable bonds is 7. The fourth-order valence-corrected chi connectivity index (χ4v) is 1.43. The molecule has 0 aromatic heterocycles. The Kier molecular flexibility index (Phi) is 6.01. The Balaban J connectivity index is 2.38. The molecule has 0 aliphatic rings. The molecule has 0 fully saturated rings. The van der Waals surface area contributed by atoms with E-state index in [1.165, 1.54) is 4.90 Å². The van der Waals surface area contributed by atoms with Gasteiger partial charge in [-0.2, -0.15) is 0 Å². The van der Waals surface area contributed by atoms with E-state index in [9.17, 15) is 8.78 Å². The molecule has 106 valence electrons. The normalized spacial score (nSPS) is 12.2. The SMILES string of the molecule is CN(CCOc1ccc(/C(N)=N/O)cc1)CC(F)F. The van der Waals surface area contributed by atoms with Crippen molar-refractivity contribution in [2.75, 3.05) is 26.7 Å². The molecule has 0 bridgehead atoms. The fourth-order valence-electron chi connectivity index (χ4n) is 1.43. The van der Waals surface area contributed by atoms with Crippen LogP contribution in [0.1, 0.15) is 5.56 Å². The highest BCUT2D eigenvalue weighted by atomic mass is 19.3. The quantitative estimate of drug-likeness (QED) is 0.340. The van der Waals surface area contributed by atoms with Crippen molar-refractivity contribution in [3.05, 3.63) is 29.8 Å². The van der Waals surface area contributed by atoms with E-state index in [1.54, 1.807) is 31.3 Å². The van der Waals surface area contributed by atoms with Gasteiger partial charge in [0.15, 0.2) is 5.84 Å². The van der Waals surface area contributed by atoms with Gasteiger partial charge in [0.2, 0.25) is 0 Å². The van der Waals surface area contributed by atoms with Crippen LogP contribution in [0.15, 0.2) is 29.4 Å². The van der Waals surface area contributed by atoms with Gasteiger partial charge in [-0.15, -0.1) is 0 Å². The van der Waals surface area contributed by atoms with Crippen molar-refractivity contribution in [3.63, 3.8) is 0 Å². The number of amidine groups is 1. The molecule has 0 aliphatic heterocycles. The zero-order valence-corrected chi connectivity index (χ0v) is 10.6. The van der Waals surface area contributed by atoms with Crippen LogP contribution in [0.5, 0.6) is 5.75 Å². The molecular weight excluding hydrogens is 256 g/mol. The van der Waals surface area contributed by atoms with E-state index >= 15 is 0 Å². The van der Waals surface area contributed by atoms with Gasteiger partial charge in [0.1, 0.15) is 12.4 Å². The van der Waals surface area contributed by atoms with Crippen LogP contribution in [0, 0.1) is 0 Å². The Morgan fingerprint density at radius 1 is 1.42 bits per heavy atom. The Labute approximate surface area is 110 Å². The first-order valence-electron chi connectivity index (χ1n) is 5.70. The molecular formula is C12H17F2N3O2. The number of halogens is 2. The topological polar surface area (TPSA) is 71.1 Å². The van der Waals surface area contributed by atoms with Gasteiger partial charge >= 0.3 is 0 Å². The van der Waals surface area contributed by atoms with Crippen LogP contribution in [0.3, 0.4) is 0 Å². The highest BCUT2D eigenvalue weighted by Gasteiger charge is 2.07. The maximum absolute atomic E-state index is 12.1. The maximum Gasteiger partial charge on any atom is 0.251 e. The number of likely N-dealkylation sites (N-methyl/N-ethyl adjacent to an activating group) is 1. The number of hydrogen-bond donors (Lipinski definition) is 2. The number of nitrogens with zero attached hydrogens (tertiary/aromatic N) is 2. The van der Waals surface area contributed by atoms with Crippen LogP contribution >= 0.6 is 0 Å². The molecule has 0 saturated carbocycles. The maximum atomic E-state index is 12.1. The van der Waals surface area contributed by atoms with Gasteiger partial charge in [-0.25, -0.2) is 8.78 Å². The summed E-state index contributed by atoms with van der Waals surface area (Å²) in [5, 5.41) is 11.4. The van der Waals surface area contributed by atoms with E-state index in [2.05, 4.69) is 5.16 Å². The summed E-state index contributed by atoms with van der Waals surface area (Å²) in [6.07, 6.45) is -2.34. The van der Waals surface area contributed by atoms with E-state index < -0.39 is 6.43 Å². The molecule has 1 rings (SSSR count). The van der Waals surface area contributed by atoms with Crippen LogP contribution in [0.2, 0.25) is 0 Å². The van der Waals surface area contributed by atoms with Crippen LogP contribution in [0.25, 0.3) is 0 Å². The first-order chi connectivity index (χ1) is 9.02. The predicted molar refractivity (Wildman–Crippen MR) is 67.9 cm³/mol. The van der Waals surface area contributed by atoms with Gasteiger partial charge in [-0.3, -0.25) is 4.90 Å². The summed E-state index contributed by atoms with van der Waals surface area (Å²) in [7, 11) is 1.61. The molecule has 0 aliphatic carbocycles. The number of benzene rings is 1. The summed E-state index contributed by atoms with van der Waals surface area (Å²) in [6.45, 7) is 0.449. The summed E-state index contributed by atoms with van der Waals surface area (Å²) in [5.41, 5.74) is 5.99. The summed E-state index contributed by atoms with van der Waals surface area (Å²) in [4.78, 5) is 1.50. The number of ether oxygens (including phenoxy) is 1. The zero-order chi connectivity index (χ0) is 14.3. The van der Waals surface area contributed by atoms with Crippen LogP contribution < -0.4 is 10.5 Å². The lowest BCUT2D eigenvalue weighted by Gasteiger charge is -2.16. The molecule has 1 aromatic rings. The van der Waals surface area contributed by atoms with Crippen molar-refractivity contribution >= 4 is 5.84 Å². The van der Waals surface area contributed by atoms with Crippen molar-refractivity contribution in [1.29, 1.82) is 0 Å². The third kappa shape index (κ3) is 5.52. The monoisotopic (exact) mass is 273 g/mol. The second-order valence-electron chi connectivity index (χ2n) is 4.01. The zero-order valence-electron chi connectivity index (χ0n) is 10.6. The van der Waals surface area contributed by atoms with Crippen LogP contribution in [-0.4, -0.2) is 49.1 Å². The summed E-state index contributed by atoms with van der Waals surface area (Å²) in [6, 6.07) is 6.63. The van der Waals surface area contributed by atoms with Crippen molar-refractivity contribution in [3.8, 4) is 5.75 Å². The molecule has 19 heavy (non-hydrogen) atoms. The van der Waals surface area contributed by atoms with Crippen LogP contribution in [0.4, 0.5) is 8.78 Å². The largest absolute Gasteiger partial charge is 0.492 e. The minimum atomic E-state index is -2.34. The molecule has 0 amide bonds. The third-order valence-electron chi connectivity index (χ3n) is 2.45. The van der Waals surface area contributed by atoms with E-state index in [4.69, 9.17) is 15.7 Å². The second-order valence-corrected chi connectivity index (χ2v) is 4.01. The first kappa shape index (κ1) is 15.2. The van der Waals surface area contributed by atoms with Crippen LogP contribution in [-0.2, 0) is 0 Å². The van der Waals surface area contributed by atoms with Gasteiger partial charge in [0.25, 0.3) is 6.43 Å². The molecule has 0 saturated heterocycles. The highest BCUT2D eigenvalue weighted by molar-refractivity contribution is 5.97. The molecule has 0 heterocycles. The lowest BCUT2D eigenvalue weighted by atomic mass is 10.2. The van der Waals surface area contributed by atoms with Gasteiger partial charge in [-0.05, 0) is 31.3 Å². The Morgan fingerprint density at radius 3 is 2.58 bits per heavy atom. The first-order valence-corrected chi connectivity index (χ1v) is 5.70. The van der Waals surface area contributed by atoms with Gasteiger partial charge in [0, 0.05) is 12.1 Å². The molecule has 0 unspecified atom stereocenters. The minimum absolute atomic E-state index is 0.0169. The Morgan fingerprint density at radius 2 is 2.05 bits per heavy atom. The van der Waals surface area contributed by atoms with Crippen molar-refractivity contribution < 1.29 is 18.7 Å². The third-order valence-corrected chi connectivity index (χ3v) is 2.45. The molecule has 1 aromatic carbocycles. The average molecular weight is 273 g/mol.